The van der Waals surface area contributed by atoms with Crippen molar-refractivity contribution in [3.8, 4) is 11.5 Å². The van der Waals surface area contributed by atoms with E-state index in [-0.39, 0.29) is 11.7 Å². The van der Waals surface area contributed by atoms with E-state index in [0.717, 1.165) is 48.3 Å². The van der Waals surface area contributed by atoms with Gasteiger partial charge in [-0.3, -0.25) is 0 Å². The molecule has 0 saturated carbocycles. The SMILES string of the molecule is C=C(C)[C@@]12CCN(C)Cc3ccc(OC)c(c31)OC2C[C@H](C)OC(=O)c1cccc(C(F)(F)F)c1. The molecule has 0 bridgehead atoms. The van der Waals surface area contributed by atoms with Crippen LogP contribution in [0.2, 0.25) is 0 Å². The molecule has 0 saturated heterocycles. The Morgan fingerprint density at radius 1 is 1.31 bits per heavy atom. The summed E-state index contributed by atoms with van der Waals surface area (Å²) in [6, 6.07) is 8.21. The second kappa shape index (κ2) is 9.22. The minimum Gasteiger partial charge on any atom is -0.493 e. The predicted molar refractivity (Wildman–Crippen MR) is 126 cm³/mol. The molecule has 0 aromatic heterocycles. The van der Waals surface area contributed by atoms with Crippen LogP contribution >= 0.6 is 0 Å². The molecular weight excluding hydrogens is 459 g/mol. The van der Waals surface area contributed by atoms with E-state index in [1.54, 1.807) is 14.0 Å². The summed E-state index contributed by atoms with van der Waals surface area (Å²) in [5.74, 6) is 0.516. The number of rotatable bonds is 6. The maximum Gasteiger partial charge on any atom is 0.416 e. The topological polar surface area (TPSA) is 48.0 Å². The van der Waals surface area contributed by atoms with Gasteiger partial charge in [0.05, 0.1) is 23.7 Å². The zero-order valence-corrected chi connectivity index (χ0v) is 20.4. The number of methoxy groups -OCH3 is 1. The number of nitrogens with zero attached hydrogens (tertiary/aromatic N) is 1. The number of esters is 1. The van der Waals surface area contributed by atoms with Crippen molar-refractivity contribution in [3.63, 3.8) is 0 Å². The maximum absolute atomic E-state index is 13.1. The lowest BCUT2D eigenvalue weighted by Crippen LogP contribution is -2.42. The lowest BCUT2D eigenvalue weighted by molar-refractivity contribution is -0.137. The summed E-state index contributed by atoms with van der Waals surface area (Å²) in [5.41, 5.74) is 1.62. The molecule has 0 aliphatic carbocycles. The molecule has 5 nitrogen and oxygen atoms in total. The standard InChI is InChI=1S/C27H30F3NO4/c1-16(2)26-11-12-31(4)15-19-9-10-21(33-5)24(23(19)26)35-22(26)13-17(3)34-25(32)18-7-6-8-20(14-18)27(28,29)30/h6-10,14,17,22H,1,11-13,15H2,2-5H3/t17-,22?,26+/m0/s1. The fourth-order valence-corrected chi connectivity index (χ4v) is 5.30. The maximum atomic E-state index is 13.1. The number of hydrogen-bond donors (Lipinski definition) is 0. The highest BCUT2D eigenvalue weighted by atomic mass is 19.4. The molecule has 35 heavy (non-hydrogen) atoms. The summed E-state index contributed by atoms with van der Waals surface area (Å²) < 4.78 is 56.9. The van der Waals surface area contributed by atoms with Gasteiger partial charge in [-0.05, 0) is 63.7 Å². The molecule has 4 rings (SSSR count). The summed E-state index contributed by atoms with van der Waals surface area (Å²) in [5, 5.41) is 0. The second-order valence-corrected chi connectivity index (χ2v) is 9.51. The highest BCUT2D eigenvalue weighted by Gasteiger charge is 2.53. The number of halogens is 3. The van der Waals surface area contributed by atoms with E-state index in [0.29, 0.717) is 17.9 Å². The van der Waals surface area contributed by atoms with E-state index in [4.69, 9.17) is 14.2 Å². The summed E-state index contributed by atoms with van der Waals surface area (Å²) in [6.07, 6.45) is -4.41. The van der Waals surface area contributed by atoms with Gasteiger partial charge in [0.1, 0.15) is 12.2 Å². The van der Waals surface area contributed by atoms with Crippen LogP contribution < -0.4 is 9.47 Å². The molecule has 1 unspecified atom stereocenters. The average Bonchev–Trinajstić information content (AvgIpc) is 3.03. The number of hydrogen-bond acceptors (Lipinski definition) is 5. The third-order valence-corrected chi connectivity index (χ3v) is 7.05. The van der Waals surface area contributed by atoms with Gasteiger partial charge in [0.15, 0.2) is 11.5 Å². The van der Waals surface area contributed by atoms with Crippen LogP contribution in [0.25, 0.3) is 0 Å². The molecule has 0 N–H and O–H groups in total. The molecule has 188 valence electrons. The van der Waals surface area contributed by atoms with Crippen molar-refractivity contribution in [2.45, 2.75) is 57.0 Å². The third kappa shape index (κ3) is 4.51. The summed E-state index contributed by atoms with van der Waals surface area (Å²) >= 11 is 0. The van der Waals surface area contributed by atoms with E-state index >= 15 is 0 Å². The van der Waals surface area contributed by atoms with Gasteiger partial charge in [-0.15, -0.1) is 0 Å². The number of carbonyl (C=O) groups is 1. The zero-order chi connectivity index (χ0) is 25.5. The largest absolute Gasteiger partial charge is 0.493 e. The van der Waals surface area contributed by atoms with Crippen molar-refractivity contribution in [2.24, 2.45) is 0 Å². The van der Waals surface area contributed by atoms with Crippen molar-refractivity contribution >= 4 is 5.97 Å². The van der Waals surface area contributed by atoms with Gasteiger partial charge in [0.2, 0.25) is 0 Å². The first-order valence-corrected chi connectivity index (χ1v) is 11.6. The van der Waals surface area contributed by atoms with Crippen LogP contribution in [0, 0.1) is 0 Å². The molecule has 0 radical (unpaired) electrons. The van der Waals surface area contributed by atoms with Crippen molar-refractivity contribution in [1.82, 2.24) is 4.90 Å². The van der Waals surface area contributed by atoms with E-state index in [9.17, 15) is 18.0 Å². The Labute approximate surface area is 203 Å². The Morgan fingerprint density at radius 3 is 2.71 bits per heavy atom. The molecule has 2 aliphatic heterocycles. The van der Waals surface area contributed by atoms with Crippen molar-refractivity contribution < 1.29 is 32.2 Å². The smallest absolute Gasteiger partial charge is 0.416 e. The molecule has 0 fully saturated rings. The van der Waals surface area contributed by atoms with Crippen LogP contribution in [0.15, 0.2) is 48.6 Å². The number of benzene rings is 2. The molecule has 2 heterocycles. The molecule has 0 spiro atoms. The molecule has 3 atom stereocenters. The van der Waals surface area contributed by atoms with E-state index < -0.39 is 29.2 Å². The number of ether oxygens (including phenoxy) is 3. The summed E-state index contributed by atoms with van der Waals surface area (Å²) in [4.78, 5) is 14.9. The molecule has 2 aromatic carbocycles. The van der Waals surface area contributed by atoms with Crippen molar-refractivity contribution in [2.75, 3.05) is 20.7 Å². The van der Waals surface area contributed by atoms with E-state index in [1.807, 2.05) is 13.0 Å². The van der Waals surface area contributed by atoms with Crippen molar-refractivity contribution in [1.29, 1.82) is 0 Å². The fourth-order valence-electron chi connectivity index (χ4n) is 5.30. The molecular formula is C27H30F3NO4. The van der Waals surface area contributed by atoms with Crippen LogP contribution in [0.4, 0.5) is 13.2 Å². The highest BCUT2D eigenvalue weighted by molar-refractivity contribution is 5.89. The van der Waals surface area contributed by atoms with Gasteiger partial charge in [0, 0.05) is 18.5 Å². The van der Waals surface area contributed by atoms with Crippen LogP contribution in [0.1, 0.15) is 53.7 Å². The molecule has 8 heteroatoms. The van der Waals surface area contributed by atoms with Gasteiger partial charge >= 0.3 is 12.1 Å². The Balaban J connectivity index is 1.61. The Kier molecular flexibility index (Phi) is 6.62. The van der Waals surface area contributed by atoms with E-state index in [1.165, 1.54) is 12.1 Å². The highest BCUT2D eigenvalue weighted by Crippen LogP contribution is 2.56. The average molecular weight is 490 g/mol. The first-order chi connectivity index (χ1) is 16.5. The van der Waals surface area contributed by atoms with Crippen molar-refractivity contribution in [3.05, 3.63) is 70.8 Å². The minimum absolute atomic E-state index is 0.142. The normalized spacial score (nSPS) is 22.5. The quantitative estimate of drug-likeness (QED) is 0.382. The van der Waals surface area contributed by atoms with E-state index in [2.05, 4.69) is 24.6 Å². The molecule has 2 aromatic rings. The Morgan fingerprint density at radius 2 is 2.06 bits per heavy atom. The van der Waals surface area contributed by atoms with Gasteiger partial charge in [-0.1, -0.05) is 24.3 Å². The zero-order valence-electron chi connectivity index (χ0n) is 20.4. The fraction of sp³-hybridized carbons (Fsp3) is 0.444. The van der Waals surface area contributed by atoms with Crippen LogP contribution in [-0.2, 0) is 22.9 Å². The lowest BCUT2D eigenvalue weighted by atomic mass is 9.67. The Hall–Kier alpha value is -3.00. The van der Waals surface area contributed by atoms with Gasteiger partial charge < -0.3 is 19.1 Å². The van der Waals surface area contributed by atoms with Gasteiger partial charge in [-0.25, -0.2) is 4.79 Å². The first-order valence-electron chi connectivity index (χ1n) is 11.6. The van der Waals surface area contributed by atoms with Crippen LogP contribution in [0.5, 0.6) is 11.5 Å². The lowest BCUT2D eigenvalue weighted by Gasteiger charge is -2.36. The summed E-state index contributed by atoms with van der Waals surface area (Å²) in [6.45, 7) is 9.62. The number of carbonyl (C=O) groups excluding carboxylic acids is 1. The van der Waals surface area contributed by atoms with Crippen LogP contribution in [0.3, 0.4) is 0 Å². The van der Waals surface area contributed by atoms with Crippen LogP contribution in [-0.4, -0.2) is 43.8 Å². The first kappa shape index (κ1) is 25.1. The number of alkyl halides is 3. The molecule has 0 amide bonds. The Bertz CT molecular complexity index is 1150. The minimum atomic E-state index is -4.54. The third-order valence-electron chi connectivity index (χ3n) is 7.05. The molecule has 2 aliphatic rings. The monoisotopic (exact) mass is 489 g/mol. The predicted octanol–water partition coefficient (Wildman–Crippen LogP) is 5.76. The van der Waals surface area contributed by atoms with Gasteiger partial charge in [-0.2, -0.15) is 13.2 Å². The van der Waals surface area contributed by atoms with Gasteiger partial charge in [0.25, 0.3) is 0 Å². The summed E-state index contributed by atoms with van der Waals surface area (Å²) in [7, 11) is 3.67. The second-order valence-electron chi connectivity index (χ2n) is 9.51.